The summed E-state index contributed by atoms with van der Waals surface area (Å²) in [5.41, 5.74) is 6.71. The summed E-state index contributed by atoms with van der Waals surface area (Å²) in [6.45, 7) is 3.31. The van der Waals surface area contributed by atoms with Crippen molar-refractivity contribution in [2.75, 3.05) is 44.9 Å². The molecule has 4 N–H and O–H groups in total. The number of anilines is 1. The zero-order valence-electron chi connectivity index (χ0n) is 13.8. The lowest BCUT2D eigenvalue weighted by Gasteiger charge is -2.24. The number of aliphatic hydroxyl groups excluding tert-OH is 1. The average molecular weight is 335 g/mol. The average Bonchev–Trinajstić information content (AvgIpc) is 2.91. The van der Waals surface area contributed by atoms with Gasteiger partial charge in [-0.2, -0.15) is 0 Å². The van der Waals surface area contributed by atoms with Crippen LogP contribution in [-0.4, -0.2) is 50.6 Å². The Kier molecular flexibility index (Phi) is 5.42. The predicted molar refractivity (Wildman–Crippen MR) is 91.7 cm³/mol. The normalized spacial score (nSPS) is 23.8. The molecule has 24 heavy (non-hydrogen) atoms. The minimum Gasteiger partial charge on any atom is -0.490 e. The first kappa shape index (κ1) is 16.9. The predicted octanol–water partition coefficient (Wildman–Crippen LogP) is 1.36. The number of benzene rings is 1. The number of aliphatic imine (C=N–C) groups is 1. The summed E-state index contributed by atoms with van der Waals surface area (Å²) in [4.78, 5) is 4.44. The lowest BCUT2D eigenvalue weighted by atomic mass is 9.84. The number of ether oxygens (including phenoxy) is 3. The first-order chi connectivity index (χ1) is 11.7. The van der Waals surface area contributed by atoms with Crippen molar-refractivity contribution in [3.63, 3.8) is 0 Å². The number of aliphatic hydroxyl groups is 1. The Morgan fingerprint density at radius 1 is 1.25 bits per heavy atom. The molecule has 2 aliphatic rings. The number of fused-ring (bicyclic) bond motifs is 1. The van der Waals surface area contributed by atoms with Gasteiger partial charge in [-0.15, -0.1) is 0 Å². The summed E-state index contributed by atoms with van der Waals surface area (Å²) in [5.74, 6) is 1.80. The van der Waals surface area contributed by atoms with Gasteiger partial charge in [-0.25, -0.2) is 0 Å². The second-order valence-corrected chi connectivity index (χ2v) is 6.31. The quantitative estimate of drug-likeness (QED) is 0.555. The molecule has 2 heterocycles. The Morgan fingerprint density at radius 3 is 2.83 bits per heavy atom. The van der Waals surface area contributed by atoms with E-state index in [0.717, 1.165) is 24.3 Å². The highest BCUT2D eigenvalue weighted by Crippen LogP contribution is 2.33. The summed E-state index contributed by atoms with van der Waals surface area (Å²) >= 11 is 0. The third kappa shape index (κ3) is 4.10. The molecule has 0 spiro atoms. The standard InChI is InChI=1S/C17H25N3O4/c18-16(19-11-17(4-6-21)5-9-22-12-17)20-13-2-3-14-15(10-13)24-8-1-7-23-14/h2-3,10,21H,1,4-9,11-12H2,(H3,18,19,20). The molecule has 0 aromatic heterocycles. The Labute approximate surface area is 141 Å². The van der Waals surface area contributed by atoms with Crippen LogP contribution in [0.25, 0.3) is 0 Å². The van der Waals surface area contributed by atoms with E-state index in [-0.39, 0.29) is 12.0 Å². The molecule has 1 aromatic rings. The molecule has 0 aliphatic carbocycles. The van der Waals surface area contributed by atoms with Crippen molar-refractivity contribution < 1.29 is 19.3 Å². The SMILES string of the molecule is NC(=NCC1(CCO)CCOC1)Nc1ccc2c(c1)OCCCO2. The van der Waals surface area contributed by atoms with E-state index in [1.54, 1.807) is 0 Å². The molecule has 1 aromatic carbocycles. The molecule has 2 aliphatic heterocycles. The number of nitrogens with two attached hydrogens (primary N) is 1. The van der Waals surface area contributed by atoms with E-state index in [2.05, 4.69) is 10.3 Å². The van der Waals surface area contributed by atoms with Crippen molar-refractivity contribution >= 4 is 11.6 Å². The van der Waals surface area contributed by atoms with Gasteiger partial charge in [0, 0.05) is 36.8 Å². The van der Waals surface area contributed by atoms with Crippen LogP contribution in [0, 0.1) is 5.41 Å². The smallest absolute Gasteiger partial charge is 0.193 e. The van der Waals surface area contributed by atoms with Gasteiger partial charge < -0.3 is 30.4 Å². The van der Waals surface area contributed by atoms with Gasteiger partial charge in [0.25, 0.3) is 0 Å². The molecule has 0 saturated carbocycles. The third-order valence-corrected chi connectivity index (χ3v) is 4.43. The van der Waals surface area contributed by atoms with Crippen molar-refractivity contribution in [2.24, 2.45) is 16.1 Å². The van der Waals surface area contributed by atoms with E-state index >= 15 is 0 Å². The zero-order chi connectivity index (χ0) is 16.8. The molecule has 132 valence electrons. The van der Waals surface area contributed by atoms with Crippen LogP contribution < -0.4 is 20.5 Å². The van der Waals surface area contributed by atoms with Gasteiger partial charge in [0.05, 0.1) is 26.4 Å². The van der Waals surface area contributed by atoms with Crippen LogP contribution in [0.5, 0.6) is 11.5 Å². The highest BCUT2D eigenvalue weighted by molar-refractivity contribution is 5.92. The van der Waals surface area contributed by atoms with Gasteiger partial charge in [-0.1, -0.05) is 0 Å². The summed E-state index contributed by atoms with van der Waals surface area (Å²) in [6, 6.07) is 5.62. The summed E-state index contributed by atoms with van der Waals surface area (Å²) in [5, 5.41) is 12.3. The Balaban J connectivity index is 1.63. The summed E-state index contributed by atoms with van der Waals surface area (Å²) < 4.78 is 16.7. The van der Waals surface area contributed by atoms with Crippen LogP contribution in [0.3, 0.4) is 0 Å². The molecule has 7 nitrogen and oxygen atoms in total. The Hall–Kier alpha value is -1.99. The molecule has 1 unspecified atom stereocenters. The maximum atomic E-state index is 9.25. The molecule has 0 radical (unpaired) electrons. The fourth-order valence-electron chi connectivity index (χ4n) is 2.97. The van der Waals surface area contributed by atoms with E-state index in [0.29, 0.717) is 51.1 Å². The molecule has 7 heteroatoms. The topological polar surface area (TPSA) is 98.3 Å². The summed E-state index contributed by atoms with van der Waals surface area (Å²) in [6.07, 6.45) is 2.44. The van der Waals surface area contributed by atoms with Gasteiger partial charge in [0.2, 0.25) is 0 Å². The van der Waals surface area contributed by atoms with E-state index in [4.69, 9.17) is 19.9 Å². The van der Waals surface area contributed by atoms with Crippen molar-refractivity contribution in [2.45, 2.75) is 19.3 Å². The largest absolute Gasteiger partial charge is 0.490 e. The lowest BCUT2D eigenvalue weighted by Crippen LogP contribution is -2.30. The van der Waals surface area contributed by atoms with Crippen molar-refractivity contribution in [3.8, 4) is 11.5 Å². The Bertz CT molecular complexity index is 585. The van der Waals surface area contributed by atoms with Gasteiger partial charge in [-0.3, -0.25) is 4.99 Å². The van der Waals surface area contributed by atoms with Crippen LogP contribution in [0.2, 0.25) is 0 Å². The fraction of sp³-hybridized carbons (Fsp3) is 0.588. The molecule has 0 bridgehead atoms. The molecule has 1 atom stereocenters. The van der Waals surface area contributed by atoms with E-state index in [1.165, 1.54) is 0 Å². The lowest BCUT2D eigenvalue weighted by molar-refractivity contribution is 0.131. The molecule has 0 amide bonds. The van der Waals surface area contributed by atoms with Gasteiger partial charge in [0.15, 0.2) is 17.5 Å². The first-order valence-corrected chi connectivity index (χ1v) is 8.36. The second kappa shape index (κ2) is 7.72. The number of hydrogen-bond donors (Lipinski definition) is 3. The van der Waals surface area contributed by atoms with Crippen LogP contribution in [0.4, 0.5) is 5.69 Å². The Morgan fingerprint density at radius 2 is 2.08 bits per heavy atom. The maximum Gasteiger partial charge on any atom is 0.193 e. The number of nitrogens with one attached hydrogen (secondary N) is 1. The van der Waals surface area contributed by atoms with Crippen LogP contribution >= 0.6 is 0 Å². The number of rotatable bonds is 5. The van der Waals surface area contributed by atoms with Crippen molar-refractivity contribution in [1.82, 2.24) is 0 Å². The van der Waals surface area contributed by atoms with Crippen molar-refractivity contribution in [3.05, 3.63) is 18.2 Å². The molecule has 1 fully saturated rings. The van der Waals surface area contributed by atoms with E-state index < -0.39 is 0 Å². The minimum absolute atomic E-state index is 0.105. The van der Waals surface area contributed by atoms with E-state index in [9.17, 15) is 5.11 Å². The molecule has 3 rings (SSSR count). The molecular formula is C17H25N3O4. The zero-order valence-corrected chi connectivity index (χ0v) is 13.8. The number of hydrogen-bond acceptors (Lipinski definition) is 5. The van der Waals surface area contributed by atoms with Crippen LogP contribution in [0.1, 0.15) is 19.3 Å². The highest BCUT2D eigenvalue weighted by Gasteiger charge is 2.34. The first-order valence-electron chi connectivity index (χ1n) is 8.36. The number of guanidine groups is 1. The number of nitrogens with zero attached hydrogens (tertiary/aromatic N) is 1. The molecule has 1 saturated heterocycles. The molecular weight excluding hydrogens is 310 g/mol. The third-order valence-electron chi connectivity index (χ3n) is 4.43. The maximum absolute atomic E-state index is 9.25. The van der Waals surface area contributed by atoms with Gasteiger partial charge in [0.1, 0.15) is 0 Å². The highest BCUT2D eigenvalue weighted by atomic mass is 16.5. The second-order valence-electron chi connectivity index (χ2n) is 6.31. The monoisotopic (exact) mass is 335 g/mol. The van der Waals surface area contributed by atoms with Crippen molar-refractivity contribution in [1.29, 1.82) is 0 Å². The fourth-order valence-corrected chi connectivity index (χ4v) is 2.97. The van der Waals surface area contributed by atoms with Gasteiger partial charge in [-0.05, 0) is 25.0 Å². The van der Waals surface area contributed by atoms with Gasteiger partial charge >= 0.3 is 0 Å². The van der Waals surface area contributed by atoms with Crippen LogP contribution in [-0.2, 0) is 4.74 Å². The van der Waals surface area contributed by atoms with Crippen LogP contribution in [0.15, 0.2) is 23.2 Å². The minimum atomic E-state index is -0.105. The van der Waals surface area contributed by atoms with E-state index in [1.807, 2.05) is 18.2 Å². The summed E-state index contributed by atoms with van der Waals surface area (Å²) in [7, 11) is 0.